The van der Waals surface area contributed by atoms with E-state index in [-0.39, 0.29) is 11.9 Å². The van der Waals surface area contributed by atoms with Gasteiger partial charge in [0.2, 0.25) is 5.91 Å². The van der Waals surface area contributed by atoms with Crippen LogP contribution in [0.3, 0.4) is 0 Å². The van der Waals surface area contributed by atoms with Gasteiger partial charge in [-0.2, -0.15) is 0 Å². The van der Waals surface area contributed by atoms with E-state index in [4.69, 9.17) is 0 Å². The SMILES string of the molecule is Cc1ccc(N2CCNC(CN(C)C)C2=O)c(C)c1. The van der Waals surface area contributed by atoms with E-state index in [2.05, 4.69) is 37.4 Å². The lowest BCUT2D eigenvalue weighted by atomic mass is 10.1. The standard InChI is InChI=1S/C15H23N3O/c1-11-5-6-14(12(2)9-11)18-8-7-16-13(15(18)19)10-17(3)4/h5-6,9,13,16H,7-8,10H2,1-4H3. The average Bonchev–Trinajstić information content (AvgIpc) is 2.32. The van der Waals surface area contributed by atoms with Gasteiger partial charge in [-0.05, 0) is 39.6 Å². The molecule has 1 heterocycles. The number of piperazine rings is 1. The summed E-state index contributed by atoms with van der Waals surface area (Å²) in [5.41, 5.74) is 3.44. The molecule has 2 rings (SSSR count). The fourth-order valence-electron chi connectivity index (χ4n) is 2.59. The molecule has 1 fully saturated rings. The first-order chi connectivity index (χ1) is 8.99. The lowest BCUT2D eigenvalue weighted by molar-refractivity contribution is -0.121. The van der Waals surface area contributed by atoms with Crippen molar-refractivity contribution in [1.29, 1.82) is 0 Å². The Labute approximate surface area is 115 Å². The van der Waals surface area contributed by atoms with Gasteiger partial charge in [-0.25, -0.2) is 0 Å². The Morgan fingerprint density at radius 1 is 1.37 bits per heavy atom. The molecular weight excluding hydrogens is 238 g/mol. The highest BCUT2D eigenvalue weighted by molar-refractivity contribution is 5.98. The molecule has 1 saturated heterocycles. The molecule has 1 aliphatic heterocycles. The van der Waals surface area contributed by atoms with E-state index in [1.54, 1.807) is 0 Å². The summed E-state index contributed by atoms with van der Waals surface area (Å²) >= 11 is 0. The number of hydrogen-bond donors (Lipinski definition) is 1. The Hall–Kier alpha value is -1.39. The number of carbonyl (C=O) groups excluding carboxylic acids is 1. The zero-order valence-corrected chi connectivity index (χ0v) is 12.2. The molecule has 0 aliphatic carbocycles. The minimum atomic E-state index is -0.107. The van der Waals surface area contributed by atoms with E-state index in [0.29, 0.717) is 0 Å². The van der Waals surface area contributed by atoms with Gasteiger partial charge < -0.3 is 15.1 Å². The summed E-state index contributed by atoms with van der Waals surface area (Å²) < 4.78 is 0. The van der Waals surface area contributed by atoms with Crippen LogP contribution in [-0.4, -0.2) is 50.6 Å². The molecular formula is C15H23N3O. The second kappa shape index (κ2) is 5.72. The Bertz CT molecular complexity index is 470. The number of carbonyl (C=O) groups is 1. The summed E-state index contributed by atoms with van der Waals surface area (Å²) in [6, 6.07) is 6.15. The molecule has 1 atom stereocenters. The van der Waals surface area contributed by atoms with Crippen molar-refractivity contribution in [1.82, 2.24) is 10.2 Å². The van der Waals surface area contributed by atoms with Crippen LogP contribution in [0.1, 0.15) is 11.1 Å². The van der Waals surface area contributed by atoms with Crippen LogP contribution in [0.25, 0.3) is 0 Å². The van der Waals surface area contributed by atoms with Gasteiger partial charge in [0, 0.05) is 25.3 Å². The van der Waals surface area contributed by atoms with Crippen molar-refractivity contribution in [3.05, 3.63) is 29.3 Å². The van der Waals surface area contributed by atoms with Gasteiger partial charge in [0.25, 0.3) is 0 Å². The molecule has 0 aromatic heterocycles. The van der Waals surface area contributed by atoms with E-state index < -0.39 is 0 Å². The lowest BCUT2D eigenvalue weighted by Gasteiger charge is -2.35. The normalized spacial score (nSPS) is 20.2. The number of anilines is 1. The minimum Gasteiger partial charge on any atom is -0.309 e. The van der Waals surface area contributed by atoms with Crippen LogP contribution in [0, 0.1) is 13.8 Å². The second-order valence-electron chi connectivity index (χ2n) is 5.55. The van der Waals surface area contributed by atoms with E-state index in [9.17, 15) is 4.79 Å². The largest absolute Gasteiger partial charge is 0.309 e. The fraction of sp³-hybridized carbons (Fsp3) is 0.533. The van der Waals surface area contributed by atoms with Crippen LogP contribution in [0.15, 0.2) is 18.2 Å². The van der Waals surface area contributed by atoms with Gasteiger partial charge in [-0.3, -0.25) is 4.79 Å². The van der Waals surface area contributed by atoms with E-state index >= 15 is 0 Å². The topological polar surface area (TPSA) is 35.6 Å². The highest BCUT2D eigenvalue weighted by atomic mass is 16.2. The Balaban J connectivity index is 2.21. The maximum Gasteiger partial charge on any atom is 0.245 e. The van der Waals surface area contributed by atoms with Crippen LogP contribution in [0.2, 0.25) is 0 Å². The number of nitrogens with zero attached hydrogens (tertiary/aromatic N) is 2. The molecule has 1 aromatic carbocycles. The van der Waals surface area contributed by atoms with Crippen molar-refractivity contribution in [2.24, 2.45) is 0 Å². The Morgan fingerprint density at radius 2 is 2.11 bits per heavy atom. The predicted octanol–water partition coefficient (Wildman–Crippen LogP) is 1.17. The number of benzene rings is 1. The number of aryl methyl sites for hydroxylation is 2. The van der Waals surface area contributed by atoms with Crippen molar-refractivity contribution in [3.63, 3.8) is 0 Å². The predicted molar refractivity (Wildman–Crippen MR) is 78.6 cm³/mol. The Kier molecular flexibility index (Phi) is 4.22. The summed E-state index contributed by atoms with van der Waals surface area (Å²) in [4.78, 5) is 16.5. The fourth-order valence-corrected chi connectivity index (χ4v) is 2.59. The number of rotatable bonds is 3. The minimum absolute atomic E-state index is 0.107. The van der Waals surface area contributed by atoms with E-state index in [1.807, 2.05) is 23.9 Å². The number of nitrogens with one attached hydrogen (secondary N) is 1. The van der Waals surface area contributed by atoms with Crippen LogP contribution in [-0.2, 0) is 4.79 Å². The molecule has 1 aromatic rings. The first-order valence-corrected chi connectivity index (χ1v) is 6.76. The lowest BCUT2D eigenvalue weighted by Crippen LogP contribution is -2.58. The van der Waals surface area contributed by atoms with Gasteiger partial charge in [0.1, 0.15) is 6.04 Å². The van der Waals surface area contributed by atoms with Gasteiger partial charge in [-0.15, -0.1) is 0 Å². The molecule has 4 heteroatoms. The van der Waals surface area contributed by atoms with Crippen molar-refractivity contribution in [3.8, 4) is 0 Å². The smallest absolute Gasteiger partial charge is 0.245 e. The van der Waals surface area contributed by atoms with Gasteiger partial charge in [0.05, 0.1) is 0 Å². The third-order valence-electron chi connectivity index (χ3n) is 3.48. The van der Waals surface area contributed by atoms with Crippen molar-refractivity contribution < 1.29 is 4.79 Å². The maximum atomic E-state index is 12.5. The Morgan fingerprint density at radius 3 is 2.74 bits per heavy atom. The highest BCUT2D eigenvalue weighted by Crippen LogP contribution is 2.23. The number of hydrogen-bond acceptors (Lipinski definition) is 3. The molecule has 1 aliphatic rings. The van der Waals surface area contributed by atoms with Crippen LogP contribution >= 0.6 is 0 Å². The van der Waals surface area contributed by atoms with Crippen molar-refractivity contribution in [2.45, 2.75) is 19.9 Å². The van der Waals surface area contributed by atoms with Crippen LogP contribution in [0.4, 0.5) is 5.69 Å². The molecule has 1 unspecified atom stereocenters. The molecule has 19 heavy (non-hydrogen) atoms. The first kappa shape index (κ1) is 14.0. The quantitative estimate of drug-likeness (QED) is 0.887. The van der Waals surface area contributed by atoms with E-state index in [1.165, 1.54) is 11.1 Å². The molecule has 1 amide bonds. The zero-order valence-electron chi connectivity index (χ0n) is 12.2. The maximum absolute atomic E-state index is 12.5. The molecule has 0 bridgehead atoms. The van der Waals surface area contributed by atoms with Gasteiger partial charge >= 0.3 is 0 Å². The third-order valence-corrected chi connectivity index (χ3v) is 3.48. The number of likely N-dealkylation sites (N-methyl/N-ethyl adjacent to an activating group) is 1. The molecule has 0 radical (unpaired) electrons. The zero-order chi connectivity index (χ0) is 14.0. The second-order valence-corrected chi connectivity index (χ2v) is 5.55. The molecule has 0 spiro atoms. The molecule has 4 nitrogen and oxygen atoms in total. The monoisotopic (exact) mass is 261 g/mol. The molecule has 0 saturated carbocycles. The van der Waals surface area contributed by atoms with Gasteiger partial charge in [-0.1, -0.05) is 17.7 Å². The third kappa shape index (κ3) is 3.14. The van der Waals surface area contributed by atoms with Crippen LogP contribution in [0.5, 0.6) is 0 Å². The van der Waals surface area contributed by atoms with Crippen LogP contribution < -0.4 is 10.2 Å². The van der Waals surface area contributed by atoms with Crippen molar-refractivity contribution in [2.75, 3.05) is 38.6 Å². The average molecular weight is 261 g/mol. The summed E-state index contributed by atoms with van der Waals surface area (Å²) in [5.74, 6) is 0.173. The molecule has 1 N–H and O–H groups in total. The van der Waals surface area contributed by atoms with Gasteiger partial charge in [0.15, 0.2) is 0 Å². The summed E-state index contributed by atoms with van der Waals surface area (Å²) in [6.07, 6.45) is 0. The molecule has 104 valence electrons. The summed E-state index contributed by atoms with van der Waals surface area (Å²) in [7, 11) is 3.98. The first-order valence-electron chi connectivity index (χ1n) is 6.76. The summed E-state index contributed by atoms with van der Waals surface area (Å²) in [5, 5.41) is 3.30. The highest BCUT2D eigenvalue weighted by Gasteiger charge is 2.30. The van der Waals surface area contributed by atoms with E-state index in [0.717, 1.165) is 25.3 Å². The number of amides is 1. The summed E-state index contributed by atoms with van der Waals surface area (Å²) in [6.45, 7) is 6.47. The van der Waals surface area contributed by atoms with Crippen molar-refractivity contribution >= 4 is 11.6 Å².